The summed E-state index contributed by atoms with van der Waals surface area (Å²) in [5.74, 6) is -1.02. The molecule has 6 aromatic rings. The predicted molar refractivity (Wildman–Crippen MR) is 254 cm³/mol. The van der Waals surface area contributed by atoms with E-state index in [1.54, 1.807) is 24.3 Å². The molecule has 0 bridgehead atoms. The number of hydrogen-bond acceptors (Lipinski definition) is 8. The Morgan fingerprint density at radius 1 is 0.500 bits per heavy atom. The zero-order valence-electron chi connectivity index (χ0n) is 34.2. The first-order chi connectivity index (χ1) is 30.6. The van der Waals surface area contributed by atoms with Gasteiger partial charge in [-0.2, -0.15) is 0 Å². The SMILES string of the molecule is O=C(OCc1ccccc1)N1CC[C@@](c2ccc(I)cc2)(S(=O)(=O)c2ccc(F)cc2)C1.O=C(OCc1ccccc1)N1CC[C@](c2ccc(I)cc2)(S(=O)(=O)c2ccc(F)cc2)C1. The number of sulfone groups is 2. The minimum Gasteiger partial charge on any atom is -0.445 e. The van der Waals surface area contributed by atoms with Gasteiger partial charge < -0.3 is 19.3 Å². The highest BCUT2D eigenvalue weighted by atomic mass is 127. The van der Waals surface area contributed by atoms with Crippen LogP contribution in [0.5, 0.6) is 0 Å². The van der Waals surface area contributed by atoms with E-state index in [1.165, 1.54) is 34.1 Å². The van der Waals surface area contributed by atoms with Gasteiger partial charge in [-0.25, -0.2) is 35.2 Å². The summed E-state index contributed by atoms with van der Waals surface area (Å²) in [6.45, 7) is 0.608. The van der Waals surface area contributed by atoms with Gasteiger partial charge in [0.2, 0.25) is 0 Å². The van der Waals surface area contributed by atoms with Gasteiger partial charge in [-0.1, -0.05) is 84.9 Å². The standard InChI is InChI=1S/2C24H21FINO4S/c2*25-20-8-12-22(13-9-20)32(29,30)24(19-6-10-21(26)11-7-19)14-15-27(17-24)23(28)31-16-18-4-2-1-3-5-18/h2*1-13H,14-17H2/t2*24-/m10/s1. The summed E-state index contributed by atoms with van der Waals surface area (Å²) < 4.78 is 92.2. The second-order valence-corrected chi connectivity index (χ2v) is 22.4. The average Bonchev–Trinajstić information content (AvgIpc) is 3.98. The Bertz CT molecular complexity index is 2600. The fraction of sp³-hybridized carbons (Fsp3) is 0.208. The van der Waals surface area contributed by atoms with Crippen LogP contribution in [0.25, 0.3) is 0 Å². The number of carbonyl (C=O) groups excluding carboxylic acids is 2. The average molecular weight is 1130 g/mol. The molecule has 0 aliphatic carbocycles. The van der Waals surface area contributed by atoms with Gasteiger partial charge in [0.05, 0.1) is 9.79 Å². The molecule has 6 aromatic carbocycles. The molecule has 2 saturated heterocycles. The van der Waals surface area contributed by atoms with Crippen molar-refractivity contribution in [1.82, 2.24) is 9.80 Å². The summed E-state index contributed by atoms with van der Waals surface area (Å²) in [6.07, 6.45) is -0.687. The van der Waals surface area contributed by atoms with Crippen molar-refractivity contribution < 1.29 is 44.7 Å². The van der Waals surface area contributed by atoms with Gasteiger partial charge in [0.25, 0.3) is 0 Å². The highest BCUT2D eigenvalue weighted by Gasteiger charge is 2.53. The lowest BCUT2D eigenvalue weighted by Crippen LogP contribution is -2.40. The van der Waals surface area contributed by atoms with E-state index in [9.17, 15) is 35.2 Å². The third-order valence-corrected chi connectivity index (χ3v) is 17.8. The van der Waals surface area contributed by atoms with Gasteiger partial charge in [0.15, 0.2) is 19.7 Å². The molecule has 332 valence electrons. The molecule has 10 nitrogen and oxygen atoms in total. The number of nitrogens with zero attached hydrogens (tertiary/aromatic N) is 2. The molecule has 2 aliphatic heterocycles. The molecular weight excluding hydrogens is 1090 g/mol. The van der Waals surface area contributed by atoms with E-state index in [2.05, 4.69) is 45.2 Å². The van der Waals surface area contributed by atoms with Crippen molar-refractivity contribution in [3.8, 4) is 0 Å². The first-order valence-electron chi connectivity index (χ1n) is 20.1. The lowest BCUT2D eigenvalue weighted by molar-refractivity contribution is 0.103. The van der Waals surface area contributed by atoms with Crippen LogP contribution in [0.2, 0.25) is 0 Å². The lowest BCUT2D eigenvalue weighted by Gasteiger charge is -2.30. The number of hydrogen-bond donors (Lipinski definition) is 0. The van der Waals surface area contributed by atoms with Crippen LogP contribution in [0, 0.1) is 18.8 Å². The normalized spacial score (nSPS) is 18.5. The maximum absolute atomic E-state index is 13.8. The van der Waals surface area contributed by atoms with E-state index >= 15 is 0 Å². The third-order valence-electron chi connectivity index (χ3n) is 11.4. The monoisotopic (exact) mass is 1130 g/mol. The van der Waals surface area contributed by atoms with Crippen LogP contribution in [0.1, 0.15) is 35.1 Å². The number of amides is 2. The maximum atomic E-state index is 13.8. The first-order valence-corrected chi connectivity index (χ1v) is 25.2. The van der Waals surface area contributed by atoms with Crippen molar-refractivity contribution in [2.45, 2.75) is 45.3 Å². The highest BCUT2D eigenvalue weighted by Crippen LogP contribution is 2.45. The zero-order chi connectivity index (χ0) is 45.5. The topological polar surface area (TPSA) is 127 Å². The number of ether oxygens (including phenoxy) is 2. The largest absolute Gasteiger partial charge is 0.445 e. The Labute approximate surface area is 398 Å². The van der Waals surface area contributed by atoms with E-state index in [4.69, 9.17) is 9.47 Å². The van der Waals surface area contributed by atoms with Gasteiger partial charge in [-0.3, -0.25) is 0 Å². The molecule has 2 amide bonds. The first kappa shape index (κ1) is 47.1. The Morgan fingerprint density at radius 3 is 1.16 bits per heavy atom. The quantitative estimate of drug-likeness (QED) is 0.0980. The van der Waals surface area contributed by atoms with Crippen molar-refractivity contribution in [2.24, 2.45) is 0 Å². The van der Waals surface area contributed by atoms with Gasteiger partial charge in [0, 0.05) is 33.3 Å². The van der Waals surface area contributed by atoms with Gasteiger partial charge in [-0.05, 0) is 153 Å². The maximum Gasteiger partial charge on any atom is 0.410 e. The number of halogens is 4. The van der Waals surface area contributed by atoms with Crippen LogP contribution < -0.4 is 0 Å². The van der Waals surface area contributed by atoms with Crippen LogP contribution >= 0.6 is 45.2 Å². The minimum atomic E-state index is -3.94. The number of benzene rings is 6. The number of likely N-dealkylation sites (tertiary alicyclic amines) is 2. The van der Waals surface area contributed by atoms with Crippen molar-refractivity contribution in [3.05, 3.63) is 199 Å². The highest BCUT2D eigenvalue weighted by molar-refractivity contribution is 14.1. The smallest absolute Gasteiger partial charge is 0.410 e. The predicted octanol–water partition coefficient (Wildman–Crippen LogP) is 10.3. The second kappa shape index (κ2) is 20.1. The molecule has 0 spiro atoms. The fourth-order valence-corrected chi connectivity index (χ4v) is 12.8. The Morgan fingerprint density at radius 2 is 0.828 bits per heavy atom. The molecular formula is C48H42F2I2N2O8S2. The molecule has 64 heavy (non-hydrogen) atoms. The molecule has 2 fully saturated rings. The molecule has 0 N–H and O–H groups in total. The Kier molecular flexibility index (Phi) is 14.8. The van der Waals surface area contributed by atoms with Crippen LogP contribution in [-0.2, 0) is 51.9 Å². The van der Waals surface area contributed by atoms with Gasteiger partial charge in [0.1, 0.15) is 34.3 Å². The van der Waals surface area contributed by atoms with E-state index in [-0.39, 0.29) is 62.0 Å². The van der Waals surface area contributed by atoms with Crippen molar-refractivity contribution in [2.75, 3.05) is 26.2 Å². The molecule has 2 aliphatic rings. The van der Waals surface area contributed by atoms with Crippen LogP contribution in [0.3, 0.4) is 0 Å². The molecule has 16 heteroatoms. The van der Waals surface area contributed by atoms with Crippen molar-refractivity contribution >= 4 is 77.0 Å². The van der Waals surface area contributed by atoms with Crippen LogP contribution in [0.4, 0.5) is 18.4 Å². The Balaban J connectivity index is 0.000000191. The summed E-state index contributed by atoms with van der Waals surface area (Å²) >= 11 is 4.31. The van der Waals surface area contributed by atoms with Crippen LogP contribution in [-0.4, -0.2) is 65.0 Å². The molecule has 8 rings (SSSR count). The van der Waals surface area contributed by atoms with Gasteiger partial charge in [-0.15, -0.1) is 0 Å². The Hall–Kier alpha value is -4.92. The van der Waals surface area contributed by atoms with Crippen LogP contribution in [0.15, 0.2) is 168 Å². The van der Waals surface area contributed by atoms with E-state index in [0.29, 0.717) is 11.1 Å². The summed E-state index contributed by atoms with van der Waals surface area (Å²) in [6, 6.07) is 42.7. The lowest BCUT2D eigenvalue weighted by atomic mass is 9.97. The summed E-state index contributed by atoms with van der Waals surface area (Å²) in [7, 11) is -7.87. The molecule has 0 unspecified atom stereocenters. The molecule has 0 saturated carbocycles. The van der Waals surface area contributed by atoms with E-state index in [1.807, 2.05) is 84.9 Å². The minimum absolute atomic E-state index is 0.0250. The van der Waals surface area contributed by atoms with Crippen molar-refractivity contribution in [1.29, 1.82) is 0 Å². The molecule has 0 radical (unpaired) electrons. The zero-order valence-corrected chi connectivity index (χ0v) is 40.1. The molecule has 2 heterocycles. The van der Waals surface area contributed by atoms with Gasteiger partial charge >= 0.3 is 12.2 Å². The van der Waals surface area contributed by atoms with E-state index < -0.39 is 53.0 Å². The summed E-state index contributed by atoms with van der Waals surface area (Å²) in [5.41, 5.74) is 2.90. The fourth-order valence-electron chi connectivity index (χ4n) is 7.90. The third kappa shape index (κ3) is 10.1. The summed E-state index contributed by atoms with van der Waals surface area (Å²) in [5, 5.41) is 0. The van der Waals surface area contributed by atoms with Crippen molar-refractivity contribution in [3.63, 3.8) is 0 Å². The van der Waals surface area contributed by atoms with E-state index in [0.717, 1.165) is 42.5 Å². The number of rotatable bonds is 10. The second-order valence-electron chi connectivity index (χ2n) is 15.3. The molecule has 0 aromatic heterocycles. The molecule has 2 atom stereocenters. The number of carbonyl (C=O) groups is 2. The summed E-state index contributed by atoms with van der Waals surface area (Å²) in [4.78, 5) is 28.4.